The van der Waals surface area contributed by atoms with Gasteiger partial charge in [0, 0.05) is 19.4 Å². The van der Waals surface area contributed by atoms with Crippen LogP contribution in [-0.2, 0) is 20.9 Å². The highest BCUT2D eigenvalue weighted by molar-refractivity contribution is 5.80. The van der Waals surface area contributed by atoms with Crippen molar-refractivity contribution in [2.24, 2.45) is 5.92 Å². The smallest absolute Gasteiger partial charge is 0.309 e. The van der Waals surface area contributed by atoms with E-state index in [4.69, 9.17) is 9.47 Å². The van der Waals surface area contributed by atoms with Crippen LogP contribution < -0.4 is 15.0 Å². The Kier molecular flexibility index (Phi) is 6.61. The highest BCUT2D eigenvalue weighted by atomic mass is 16.5. The molecule has 0 aromatic heterocycles. The minimum Gasteiger partial charge on any atom is -0.497 e. The number of nitrogens with one attached hydrogen (secondary N) is 2. The summed E-state index contributed by atoms with van der Waals surface area (Å²) in [4.78, 5) is 25.1. The first-order chi connectivity index (χ1) is 11.5. The minimum absolute atomic E-state index is 0.0201. The Hall–Kier alpha value is -2.08. The average Bonchev–Trinajstić information content (AvgIpc) is 2.65. The number of carbonyl (C=O) groups excluding carboxylic acids is 2. The number of benzene rings is 1. The van der Waals surface area contributed by atoms with Crippen LogP contribution >= 0.6 is 0 Å². The van der Waals surface area contributed by atoms with Crippen molar-refractivity contribution in [2.75, 3.05) is 27.3 Å². The topological polar surface area (TPSA) is 69.1 Å². The van der Waals surface area contributed by atoms with Gasteiger partial charge in [0.15, 0.2) is 6.04 Å². The number of quaternary nitrogens is 1. The van der Waals surface area contributed by atoms with Gasteiger partial charge in [-0.15, -0.1) is 0 Å². The number of esters is 1. The number of ether oxygens (including phenoxy) is 2. The van der Waals surface area contributed by atoms with Gasteiger partial charge < -0.3 is 19.7 Å². The molecule has 0 saturated carbocycles. The second kappa shape index (κ2) is 8.68. The predicted octanol–water partition coefficient (Wildman–Crippen LogP) is 0.168. The summed E-state index contributed by atoms with van der Waals surface area (Å²) in [6.07, 6.45) is 1.55. The van der Waals surface area contributed by atoms with Crippen molar-refractivity contribution >= 4 is 11.9 Å². The fourth-order valence-corrected chi connectivity index (χ4v) is 3.10. The molecule has 6 heteroatoms. The molecular formula is C18H27N2O4+. The Balaban J connectivity index is 1.78. The van der Waals surface area contributed by atoms with Crippen LogP contribution in [0.3, 0.4) is 0 Å². The number of methoxy groups -OCH3 is 2. The number of carbonyl (C=O) groups is 2. The molecule has 0 unspecified atom stereocenters. The lowest BCUT2D eigenvalue weighted by atomic mass is 9.96. The standard InChI is InChI=1S/C18H26N2O4/c1-13(20-10-8-15(9-11-20)18(22)24-3)17(21)19-12-14-4-6-16(23-2)7-5-14/h4-7,13,15H,8-12H2,1-3H3,(H,19,21)/p+1/t13-/m1/s1. The van der Waals surface area contributed by atoms with Gasteiger partial charge in [0.1, 0.15) is 5.75 Å². The van der Waals surface area contributed by atoms with Gasteiger partial charge in [0.05, 0.1) is 33.2 Å². The first-order valence-electron chi connectivity index (χ1n) is 8.38. The zero-order chi connectivity index (χ0) is 17.5. The summed E-state index contributed by atoms with van der Waals surface area (Å²) in [5.74, 6) is 0.688. The third kappa shape index (κ3) is 4.71. The third-order valence-electron chi connectivity index (χ3n) is 4.79. The van der Waals surface area contributed by atoms with Crippen LogP contribution in [0.4, 0.5) is 0 Å². The molecule has 1 atom stereocenters. The predicted molar refractivity (Wildman–Crippen MR) is 89.7 cm³/mol. The van der Waals surface area contributed by atoms with Crippen molar-refractivity contribution < 1.29 is 24.0 Å². The van der Waals surface area contributed by atoms with Gasteiger partial charge in [-0.25, -0.2) is 0 Å². The van der Waals surface area contributed by atoms with E-state index in [1.54, 1.807) is 7.11 Å². The van der Waals surface area contributed by atoms with Crippen molar-refractivity contribution in [3.8, 4) is 5.75 Å². The maximum Gasteiger partial charge on any atom is 0.309 e. The van der Waals surface area contributed by atoms with Crippen molar-refractivity contribution in [3.05, 3.63) is 29.8 Å². The molecule has 0 bridgehead atoms. The van der Waals surface area contributed by atoms with E-state index in [1.165, 1.54) is 12.0 Å². The van der Waals surface area contributed by atoms with E-state index in [2.05, 4.69) is 5.32 Å². The Morgan fingerprint density at radius 3 is 2.38 bits per heavy atom. The van der Waals surface area contributed by atoms with Crippen LogP contribution in [0.5, 0.6) is 5.75 Å². The lowest BCUT2D eigenvalue weighted by Gasteiger charge is -2.31. The van der Waals surface area contributed by atoms with E-state index in [9.17, 15) is 9.59 Å². The molecule has 1 amide bonds. The van der Waals surface area contributed by atoms with Crippen LogP contribution in [-0.4, -0.2) is 45.2 Å². The van der Waals surface area contributed by atoms with Gasteiger partial charge in [-0.05, 0) is 24.6 Å². The van der Waals surface area contributed by atoms with Crippen LogP contribution in [0, 0.1) is 5.92 Å². The molecule has 1 saturated heterocycles. The maximum atomic E-state index is 12.4. The van der Waals surface area contributed by atoms with Crippen molar-refractivity contribution in [1.29, 1.82) is 0 Å². The summed E-state index contributed by atoms with van der Waals surface area (Å²) in [6, 6.07) is 7.53. The van der Waals surface area contributed by atoms with E-state index in [1.807, 2.05) is 31.2 Å². The summed E-state index contributed by atoms with van der Waals surface area (Å²) in [6.45, 7) is 4.08. The maximum absolute atomic E-state index is 12.4. The van der Waals surface area contributed by atoms with Crippen LogP contribution in [0.1, 0.15) is 25.3 Å². The largest absolute Gasteiger partial charge is 0.497 e. The SMILES string of the molecule is COC(=O)C1CC[NH+]([C@H](C)C(=O)NCc2ccc(OC)cc2)CC1. The number of piperidine rings is 1. The molecule has 2 rings (SSSR count). The number of rotatable bonds is 6. The summed E-state index contributed by atoms with van der Waals surface area (Å²) in [5.41, 5.74) is 1.04. The van der Waals surface area contributed by atoms with E-state index in [0.717, 1.165) is 37.2 Å². The molecule has 1 fully saturated rings. The Bertz CT molecular complexity index is 551. The minimum atomic E-state index is -0.134. The fourth-order valence-electron chi connectivity index (χ4n) is 3.10. The molecular weight excluding hydrogens is 308 g/mol. The van der Waals surface area contributed by atoms with Gasteiger partial charge in [-0.1, -0.05) is 12.1 Å². The number of likely N-dealkylation sites (tertiary alicyclic amines) is 1. The Labute approximate surface area is 143 Å². The monoisotopic (exact) mass is 335 g/mol. The zero-order valence-electron chi connectivity index (χ0n) is 14.6. The second-order valence-electron chi connectivity index (χ2n) is 6.24. The molecule has 0 radical (unpaired) electrons. The Morgan fingerprint density at radius 2 is 1.83 bits per heavy atom. The van der Waals surface area contributed by atoms with Gasteiger partial charge in [0.2, 0.25) is 0 Å². The van der Waals surface area contributed by atoms with Crippen molar-refractivity contribution in [3.63, 3.8) is 0 Å². The summed E-state index contributed by atoms with van der Waals surface area (Å²) < 4.78 is 9.92. The zero-order valence-corrected chi connectivity index (χ0v) is 14.6. The quantitative estimate of drug-likeness (QED) is 0.727. The van der Waals surface area contributed by atoms with Gasteiger partial charge in [0.25, 0.3) is 5.91 Å². The molecule has 6 nitrogen and oxygen atoms in total. The van der Waals surface area contributed by atoms with Gasteiger partial charge in [-0.2, -0.15) is 0 Å². The highest BCUT2D eigenvalue weighted by Crippen LogP contribution is 2.12. The molecule has 0 spiro atoms. The van der Waals surface area contributed by atoms with Crippen LogP contribution in [0.25, 0.3) is 0 Å². The van der Waals surface area contributed by atoms with Crippen LogP contribution in [0.2, 0.25) is 0 Å². The summed E-state index contributed by atoms with van der Waals surface area (Å²) in [5, 5.41) is 2.99. The van der Waals surface area contributed by atoms with Gasteiger partial charge >= 0.3 is 5.97 Å². The summed E-state index contributed by atoms with van der Waals surface area (Å²) in [7, 11) is 3.06. The third-order valence-corrected chi connectivity index (χ3v) is 4.79. The number of hydrogen-bond acceptors (Lipinski definition) is 4. The molecule has 1 heterocycles. The molecule has 1 aliphatic rings. The van der Waals surface area contributed by atoms with E-state index in [0.29, 0.717) is 6.54 Å². The number of amides is 1. The highest BCUT2D eigenvalue weighted by Gasteiger charge is 2.33. The molecule has 1 aromatic rings. The average molecular weight is 335 g/mol. The molecule has 132 valence electrons. The molecule has 0 aliphatic carbocycles. The Morgan fingerprint density at radius 1 is 1.21 bits per heavy atom. The van der Waals surface area contributed by atoms with E-state index in [-0.39, 0.29) is 23.8 Å². The van der Waals surface area contributed by atoms with Crippen molar-refractivity contribution in [1.82, 2.24) is 5.32 Å². The van der Waals surface area contributed by atoms with E-state index < -0.39 is 0 Å². The normalized spacial score (nSPS) is 21.6. The molecule has 1 aromatic carbocycles. The lowest BCUT2D eigenvalue weighted by Crippen LogP contribution is -3.17. The second-order valence-corrected chi connectivity index (χ2v) is 6.24. The van der Waals surface area contributed by atoms with E-state index >= 15 is 0 Å². The fraction of sp³-hybridized carbons (Fsp3) is 0.556. The molecule has 2 N–H and O–H groups in total. The van der Waals surface area contributed by atoms with Crippen LogP contribution in [0.15, 0.2) is 24.3 Å². The first kappa shape index (κ1) is 18.3. The first-order valence-corrected chi connectivity index (χ1v) is 8.38. The lowest BCUT2D eigenvalue weighted by molar-refractivity contribution is -0.919. The van der Waals surface area contributed by atoms with Crippen molar-refractivity contribution in [2.45, 2.75) is 32.4 Å². The number of hydrogen-bond donors (Lipinski definition) is 2. The molecule has 24 heavy (non-hydrogen) atoms. The summed E-state index contributed by atoms with van der Waals surface area (Å²) >= 11 is 0. The molecule has 1 aliphatic heterocycles. The van der Waals surface area contributed by atoms with Gasteiger partial charge in [-0.3, -0.25) is 9.59 Å².